The highest BCUT2D eigenvalue weighted by Gasteiger charge is 2.29. The molecule has 1 aliphatic rings. The van der Waals surface area contributed by atoms with Gasteiger partial charge in [-0.15, -0.1) is 0 Å². The number of carbonyl (C=O) groups is 1. The molecule has 0 aromatic carbocycles. The van der Waals surface area contributed by atoms with Crippen molar-refractivity contribution in [1.82, 2.24) is 9.78 Å². The van der Waals surface area contributed by atoms with Crippen molar-refractivity contribution in [3.05, 3.63) is 17.5 Å². The Morgan fingerprint density at radius 3 is 2.75 bits per heavy atom. The summed E-state index contributed by atoms with van der Waals surface area (Å²) in [7, 11) is -2.90. The Labute approximate surface area is 120 Å². The number of carbonyl (C=O) groups excluding carboxylic acids is 1. The minimum absolute atomic E-state index is 0.0103. The van der Waals surface area contributed by atoms with Gasteiger partial charge >= 0.3 is 0 Å². The van der Waals surface area contributed by atoms with Crippen molar-refractivity contribution in [3.8, 4) is 0 Å². The molecule has 1 aromatic rings. The van der Waals surface area contributed by atoms with Gasteiger partial charge in [-0.25, -0.2) is 8.42 Å². The predicted molar refractivity (Wildman–Crippen MR) is 77.4 cm³/mol. The number of ketones is 1. The molecule has 1 aromatic heterocycles. The molecule has 1 saturated heterocycles. The Kier molecular flexibility index (Phi) is 4.62. The summed E-state index contributed by atoms with van der Waals surface area (Å²) in [5.74, 6) is 0.532. The average Bonchev–Trinajstić information content (AvgIpc) is 2.92. The quantitative estimate of drug-likeness (QED) is 0.796. The molecule has 2 heterocycles. The fraction of sp³-hybridized carbons (Fsp3) is 0.714. The summed E-state index contributed by atoms with van der Waals surface area (Å²) in [6, 6.07) is 1.98. The van der Waals surface area contributed by atoms with E-state index in [1.54, 1.807) is 0 Å². The fourth-order valence-corrected chi connectivity index (χ4v) is 4.59. The summed E-state index contributed by atoms with van der Waals surface area (Å²) in [4.78, 5) is 12.1. The van der Waals surface area contributed by atoms with Crippen LogP contribution in [0.4, 0.5) is 0 Å². The van der Waals surface area contributed by atoms with Crippen LogP contribution in [0.5, 0.6) is 0 Å². The number of rotatable bonds is 6. The summed E-state index contributed by atoms with van der Waals surface area (Å²) < 4.78 is 24.7. The maximum atomic E-state index is 12.1. The topological polar surface area (TPSA) is 69.0 Å². The van der Waals surface area contributed by atoms with Crippen molar-refractivity contribution in [2.75, 3.05) is 11.5 Å². The molecule has 0 N–H and O–H groups in total. The highest BCUT2D eigenvalue weighted by Crippen LogP contribution is 2.22. The van der Waals surface area contributed by atoms with Crippen LogP contribution in [0.1, 0.15) is 38.1 Å². The number of aryl methyl sites for hydroxylation is 2. The molecule has 0 bridgehead atoms. The normalized spacial score (nSPS) is 21.2. The lowest BCUT2D eigenvalue weighted by molar-refractivity contribution is -0.119. The van der Waals surface area contributed by atoms with Crippen molar-refractivity contribution < 1.29 is 13.2 Å². The summed E-state index contributed by atoms with van der Waals surface area (Å²) in [5.41, 5.74) is 1.94. The van der Waals surface area contributed by atoms with Crippen LogP contribution in [0.15, 0.2) is 6.07 Å². The van der Waals surface area contributed by atoms with Crippen LogP contribution in [0.2, 0.25) is 0 Å². The van der Waals surface area contributed by atoms with E-state index in [2.05, 4.69) is 5.10 Å². The van der Waals surface area contributed by atoms with Crippen LogP contribution in [0.25, 0.3) is 0 Å². The van der Waals surface area contributed by atoms with E-state index >= 15 is 0 Å². The van der Waals surface area contributed by atoms with Gasteiger partial charge in [-0.2, -0.15) is 5.10 Å². The van der Waals surface area contributed by atoms with Crippen molar-refractivity contribution in [1.29, 1.82) is 0 Å². The van der Waals surface area contributed by atoms with Gasteiger partial charge in [0.15, 0.2) is 9.84 Å². The Balaban J connectivity index is 1.96. The molecular formula is C14H22N2O3S. The van der Waals surface area contributed by atoms with Gasteiger partial charge in [0.25, 0.3) is 0 Å². The molecule has 6 heteroatoms. The van der Waals surface area contributed by atoms with Crippen molar-refractivity contribution in [2.24, 2.45) is 5.92 Å². The summed E-state index contributed by atoms with van der Waals surface area (Å²) >= 11 is 0. The van der Waals surface area contributed by atoms with Crippen LogP contribution < -0.4 is 0 Å². The van der Waals surface area contributed by atoms with Gasteiger partial charge in [0.2, 0.25) is 0 Å². The van der Waals surface area contributed by atoms with Crippen molar-refractivity contribution >= 4 is 15.6 Å². The van der Waals surface area contributed by atoms with E-state index in [1.165, 1.54) is 0 Å². The first kappa shape index (κ1) is 15.2. The summed E-state index contributed by atoms with van der Waals surface area (Å²) in [6.07, 6.45) is 2.21. The van der Waals surface area contributed by atoms with E-state index in [-0.39, 0.29) is 23.2 Å². The lowest BCUT2D eigenvalue weighted by Gasteiger charge is -2.07. The Morgan fingerprint density at radius 1 is 1.45 bits per heavy atom. The molecule has 1 atom stereocenters. The second-order valence-corrected chi connectivity index (χ2v) is 7.71. The smallest absolute Gasteiger partial charge is 0.150 e. The number of aromatic nitrogens is 2. The zero-order chi connectivity index (χ0) is 14.8. The predicted octanol–water partition coefficient (Wildman–Crippen LogP) is 1.40. The second kappa shape index (κ2) is 6.08. The molecule has 0 spiro atoms. The van der Waals surface area contributed by atoms with Crippen molar-refractivity contribution in [2.45, 2.75) is 46.1 Å². The van der Waals surface area contributed by atoms with Crippen LogP contribution in [-0.2, 0) is 34.0 Å². The molecular weight excluding hydrogens is 276 g/mol. The molecule has 1 unspecified atom stereocenters. The van der Waals surface area contributed by atoms with E-state index < -0.39 is 9.84 Å². The number of hydrogen-bond donors (Lipinski definition) is 0. The SMILES string of the molecule is CCc1cc(CC(=O)CC2CCS(=O)(=O)C2)n(CC)n1. The minimum atomic E-state index is -2.90. The van der Waals surface area contributed by atoms with Gasteiger partial charge in [-0.3, -0.25) is 9.48 Å². The molecule has 1 fully saturated rings. The fourth-order valence-electron chi connectivity index (χ4n) is 2.73. The van der Waals surface area contributed by atoms with Gasteiger partial charge in [-0.05, 0) is 31.7 Å². The maximum Gasteiger partial charge on any atom is 0.150 e. The molecule has 20 heavy (non-hydrogen) atoms. The Bertz CT molecular complexity index is 590. The standard InChI is InChI=1S/C14H22N2O3S/c1-3-12-8-13(16(4-2)15-12)9-14(17)7-11-5-6-20(18,19)10-11/h8,11H,3-7,9-10H2,1-2H3. The molecule has 112 valence electrons. The van der Waals surface area contributed by atoms with E-state index in [4.69, 9.17) is 0 Å². The van der Waals surface area contributed by atoms with Crippen LogP contribution in [0, 0.1) is 5.92 Å². The van der Waals surface area contributed by atoms with E-state index in [1.807, 2.05) is 24.6 Å². The van der Waals surface area contributed by atoms with Gasteiger partial charge in [0, 0.05) is 25.1 Å². The number of nitrogens with zero attached hydrogens (tertiary/aromatic N) is 2. The second-order valence-electron chi connectivity index (χ2n) is 5.48. The van der Waals surface area contributed by atoms with Gasteiger partial charge in [-0.1, -0.05) is 6.92 Å². The lowest BCUT2D eigenvalue weighted by Crippen LogP contribution is -2.14. The summed E-state index contributed by atoms with van der Waals surface area (Å²) in [5, 5.41) is 4.42. The van der Waals surface area contributed by atoms with E-state index in [9.17, 15) is 13.2 Å². The number of sulfone groups is 1. The number of Topliss-reactive ketones (excluding diaryl/α,β-unsaturated/α-hetero) is 1. The molecule has 1 aliphatic heterocycles. The Morgan fingerprint density at radius 2 is 2.20 bits per heavy atom. The summed E-state index contributed by atoms with van der Waals surface area (Å²) in [6.45, 7) is 4.79. The first-order chi connectivity index (χ1) is 9.43. The molecule has 0 radical (unpaired) electrons. The molecule has 0 amide bonds. The van der Waals surface area contributed by atoms with Gasteiger partial charge in [0.1, 0.15) is 5.78 Å². The molecule has 2 rings (SSSR count). The van der Waals surface area contributed by atoms with Crippen molar-refractivity contribution in [3.63, 3.8) is 0 Å². The molecule has 5 nitrogen and oxygen atoms in total. The third-order valence-electron chi connectivity index (χ3n) is 3.80. The molecule has 0 saturated carbocycles. The lowest BCUT2D eigenvalue weighted by atomic mass is 9.99. The Hall–Kier alpha value is -1.17. The zero-order valence-electron chi connectivity index (χ0n) is 12.1. The zero-order valence-corrected chi connectivity index (χ0v) is 12.9. The third kappa shape index (κ3) is 3.69. The largest absolute Gasteiger partial charge is 0.299 e. The first-order valence-corrected chi connectivity index (χ1v) is 9.03. The van der Waals surface area contributed by atoms with Crippen LogP contribution >= 0.6 is 0 Å². The van der Waals surface area contributed by atoms with Gasteiger partial charge < -0.3 is 0 Å². The van der Waals surface area contributed by atoms with Crippen LogP contribution in [0.3, 0.4) is 0 Å². The highest BCUT2D eigenvalue weighted by molar-refractivity contribution is 7.91. The highest BCUT2D eigenvalue weighted by atomic mass is 32.2. The maximum absolute atomic E-state index is 12.1. The number of hydrogen-bond acceptors (Lipinski definition) is 4. The van der Waals surface area contributed by atoms with E-state index in [0.717, 1.165) is 24.4 Å². The molecule has 0 aliphatic carbocycles. The monoisotopic (exact) mass is 298 g/mol. The average molecular weight is 298 g/mol. The first-order valence-electron chi connectivity index (χ1n) is 7.21. The van der Waals surface area contributed by atoms with Gasteiger partial charge in [0.05, 0.1) is 17.2 Å². The third-order valence-corrected chi connectivity index (χ3v) is 5.63. The van der Waals surface area contributed by atoms with Crippen LogP contribution in [-0.4, -0.2) is 35.5 Å². The minimum Gasteiger partial charge on any atom is -0.299 e. The van der Waals surface area contributed by atoms with E-state index in [0.29, 0.717) is 19.3 Å².